The van der Waals surface area contributed by atoms with Crippen LogP contribution in [0.3, 0.4) is 0 Å². The van der Waals surface area contributed by atoms with Crippen molar-refractivity contribution in [2.24, 2.45) is 0 Å². The van der Waals surface area contributed by atoms with Crippen LogP contribution in [0.4, 0.5) is 5.69 Å². The van der Waals surface area contributed by atoms with Crippen LogP contribution in [-0.4, -0.2) is 63.0 Å². The predicted octanol–water partition coefficient (Wildman–Crippen LogP) is 1.46. The number of aromatic nitrogens is 4. The van der Waals surface area contributed by atoms with Gasteiger partial charge in [0.2, 0.25) is 5.65 Å². The fraction of sp³-hybridized carbons (Fsp3) is 0.421. The standard InChI is InChI=1S/C19H24N6O/c1-14-11-16(18-21-20-13-25(18)22-14)24-10-9-19(26,17(12-24)23(2)3)15-7-5-4-6-8-15/h4-8,11,13,17,26H,9-10,12H2,1-3H3/t17-,19+/m1/s1. The van der Waals surface area contributed by atoms with E-state index in [1.165, 1.54) is 0 Å². The van der Waals surface area contributed by atoms with Gasteiger partial charge in [0.25, 0.3) is 0 Å². The molecule has 0 saturated carbocycles. The van der Waals surface area contributed by atoms with Crippen molar-refractivity contribution in [3.63, 3.8) is 0 Å². The Labute approximate surface area is 152 Å². The summed E-state index contributed by atoms with van der Waals surface area (Å²) in [6.07, 6.45) is 2.26. The number of hydrogen-bond acceptors (Lipinski definition) is 6. The zero-order valence-corrected chi connectivity index (χ0v) is 15.4. The quantitative estimate of drug-likeness (QED) is 0.770. The van der Waals surface area contributed by atoms with E-state index in [9.17, 15) is 5.11 Å². The number of rotatable bonds is 3. The van der Waals surface area contributed by atoms with Crippen LogP contribution >= 0.6 is 0 Å². The SMILES string of the molecule is Cc1cc(N2CC[C@](O)(c3ccccc3)[C@H](N(C)C)C2)c2nncn2n1. The summed E-state index contributed by atoms with van der Waals surface area (Å²) in [6.45, 7) is 3.41. The molecular weight excluding hydrogens is 328 g/mol. The molecule has 0 spiro atoms. The lowest BCUT2D eigenvalue weighted by Crippen LogP contribution is -2.59. The van der Waals surface area contributed by atoms with E-state index in [-0.39, 0.29) is 6.04 Å². The van der Waals surface area contributed by atoms with Crippen LogP contribution in [0.1, 0.15) is 17.7 Å². The molecule has 4 rings (SSSR count). The number of likely N-dealkylation sites (N-methyl/N-ethyl adjacent to an activating group) is 1. The fourth-order valence-electron chi connectivity index (χ4n) is 3.96. The molecule has 2 aromatic heterocycles. The van der Waals surface area contributed by atoms with Crippen molar-refractivity contribution >= 4 is 11.3 Å². The molecule has 1 aliphatic heterocycles. The predicted molar refractivity (Wildman–Crippen MR) is 100 cm³/mol. The van der Waals surface area contributed by atoms with Gasteiger partial charge >= 0.3 is 0 Å². The highest BCUT2D eigenvalue weighted by atomic mass is 16.3. The lowest BCUT2D eigenvalue weighted by molar-refractivity contribution is -0.0526. The maximum absolute atomic E-state index is 11.6. The third-order valence-electron chi connectivity index (χ3n) is 5.32. The minimum atomic E-state index is -0.882. The highest BCUT2D eigenvalue weighted by Gasteiger charge is 2.44. The average molecular weight is 352 g/mol. The molecule has 3 heterocycles. The van der Waals surface area contributed by atoms with Crippen molar-refractivity contribution in [1.29, 1.82) is 0 Å². The van der Waals surface area contributed by atoms with E-state index >= 15 is 0 Å². The first-order valence-corrected chi connectivity index (χ1v) is 8.86. The van der Waals surface area contributed by atoms with E-state index in [0.29, 0.717) is 13.0 Å². The van der Waals surface area contributed by atoms with E-state index in [1.807, 2.05) is 57.4 Å². The van der Waals surface area contributed by atoms with Gasteiger partial charge in [-0.3, -0.25) is 0 Å². The smallest absolute Gasteiger partial charge is 0.200 e. The molecular formula is C19H24N6O. The third-order valence-corrected chi connectivity index (χ3v) is 5.32. The Kier molecular flexibility index (Phi) is 4.13. The van der Waals surface area contributed by atoms with Crippen LogP contribution in [0, 0.1) is 6.92 Å². The van der Waals surface area contributed by atoms with Crippen molar-refractivity contribution < 1.29 is 5.11 Å². The minimum absolute atomic E-state index is 0.0462. The molecule has 0 radical (unpaired) electrons. The summed E-state index contributed by atoms with van der Waals surface area (Å²) >= 11 is 0. The first-order valence-electron chi connectivity index (χ1n) is 8.86. The topological polar surface area (TPSA) is 69.8 Å². The Morgan fingerprint density at radius 2 is 2.00 bits per heavy atom. The van der Waals surface area contributed by atoms with Crippen LogP contribution in [0.25, 0.3) is 5.65 Å². The highest BCUT2D eigenvalue weighted by Crippen LogP contribution is 2.37. The maximum Gasteiger partial charge on any atom is 0.200 e. The summed E-state index contributed by atoms with van der Waals surface area (Å²) in [5.41, 5.74) is 2.76. The van der Waals surface area contributed by atoms with Gasteiger partial charge < -0.3 is 14.9 Å². The van der Waals surface area contributed by atoms with Crippen LogP contribution in [-0.2, 0) is 5.60 Å². The number of piperidine rings is 1. The van der Waals surface area contributed by atoms with Crippen molar-refractivity contribution in [1.82, 2.24) is 24.7 Å². The Morgan fingerprint density at radius 1 is 1.23 bits per heavy atom. The normalized spacial score (nSPS) is 23.7. The molecule has 1 N–H and O–H groups in total. The molecule has 1 fully saturated rings. The number of aliphatic hydroxyl groups is 1. The van der Waals surface area contributed by atoms with Crippen molar-refractivity contribution in [3.05, 3.63) is 54.0 Å². The first-order chi connectivity index (χ1) is 12.5. The number of nitrogens with zero attached hydrogens (tertiary/aromatic N) is 6. The molecule has 0 bridgehead atoms. The zero-order valence-electron chi connectivity index (χ0n) is 15.4. The van der Waals surface area contributed by atoms with Crippen LogP contribution in [0.2, 0.25) is 0 Å². The van der Waals surface area contributed by atoms with Gasteiger partial charge in [-0.2, -0.15) is 9.61 Å². The molecule has 3 aromatic rings. The van der Waals surface area contributed by atoms with Crippen molar-refractivity contribution in [3.8, 4) is 0 Å². The summed E-state index contributed by atoms with van der Waals surface area (Å²) in [4.78, 5) is 4.38. The van der Waals surface area contributed by atoms with E-state index in [0.717, 1.165) is 29.1 Å². The Bertz CT molecular complexity index is 909. The lowest BCUT2D eigenvalue weighted by atomic mass is 9.79. The van der Waals surface area contributed by atoms with E-state index < -0.39 is 5.60 Å². The fourth-order valence-corrected chi connectivity index (χ4v) is 3.96. The van der Waals surface area contributed by atoms with Crippen LogP contribution in [0.15, 0.2) is 42.7 Å². The largest absolute Gasteiger partial charge is 0.383 e. The zero-order chi connectivity index (χ0) is 18.3. The summed E-state index contributed by atoms with van der Waals surface area (Å²) < 4.78 is 1.72. The number of fused-ring (bicyclic) bond motifs is 1. The van der Waals surface area contributed by atoms with Gasteiger partial charge in [0.15, 0.2) is 0 Å². The van der Waals surface area contributed by atoms with Crippen LogP contribution in [0.5, 0.6) is 0 Å². The number of aryl methyl sites for hydroxylation is 1. The molecule has 0 unspecified atom stereocenters. The Morgan fingerprint density at radius 3 is 2.73 bits per heavy atom. The van der Waals surface area contributed by atoms with Gasteiger partial charge in [0.05, 0.1) is 17.4 Å². The second-order valence-electron chi connectivity index (χ2n) is 7.24. The summed E-state index contributed by atoms with van der Waals surface area (Å²) in [5.74, 6) is 0. The van der Waals surface area contributed by atoms with Crippen LogP contribution < -0.4 is 4.90 Å². The molecule has 1 aliphatic rings. The molecule has 0 amide bonds. The van der Waals surface area contributed by atoms with Gasteiger partial charge in [-0.25, -0.2) is 0 Å². The van der Waals surface area contributed by atoms with E-state index in [2.05, 4.69) is 25.1 Å². The molecule has 1 aromatic carbocycles. The van der Waals surface area contributed by atoms with Crippen molar-refractivity contribution in [2.45, 2.75) is 25.0 Å². The first kappa shape index (κ1) is 16.9. The molecule has 1 saturated heterocycles. The molecule has 7 nitrogen and oxygen atoms in total. The second kappa shape index (κ2) is 6.34. The molecule has 26 heavy (non-hydrogen) atoms. The molecule has 7 heteroatoms. The van der Waals surface area contributed by atoms with Gasteiger partial charge in [-0.1, -0.05) is 30.3 Å². The summed E-state index contributed by atoms with van der Waals surface area (Å²) in [7, 11) is 4.04. The summed E-state index contributed by atoms with van der Waals surface area (Å²) in [6, 6.07) is 12.0. The second-order valence-corrected chi connectivity index (χ2v) is 7.24. The average Bonchev–Trinajstić information content (AvgIpc) is 3.10. The molecule has 136 valence electrons. The Hall–Kier alpha value is -2.51. The van der Waals surface area contributed by atoms with Crippen molar-refractivity contribution in [2.75, 3.05) is 32.1 Å². The molecule has 2 atom stereocenters. The van der Waals surface area contributed by atoms with Gasteiger partial charge in [0, 0.05) is 13.1 Å². The number of anilines is 1. The maximum atomic E-state index is 11.6. The monoisotopic (exact) mass is 352 g/mol. The number of benzene rings is 1. The number of hydrogen-bond donors (Lipinski definition) is 1. The summed E-state index contributed by atoms with van der Waals surface area (Å²) in [5, 5.41) is 24.2. The van der Waals surface area contributed by atoms with E-state index in [4.69, 9.17) is 0 Å². The van der Waals surface area contributed by atoms with Gasteiger partial charge in [-0.15, -0.1) is 10.2 Å². The molecule has 0 aliphatic carbocycles. The van der Waals surface area contributed by atoms with Gasteiger partial charge in [-0.05, 0) is 39.1 Å². The van der Waals surface area contributed by atoms with E-state index in [1.54, 1.807) is 10.8 Å². The highest BCUT2D eigenvalue weighted by molar-refractivity contribution is 5.68. The lowest BCUT2D eigenvalue weighted by Gasteiger charge is -2.48. The van der Waals surface area contributed by atoms with Gasteiger partial charge in [0.1, 0.15) is 11.9 Å². The Balaban J connectivity index is 1.72. The minimum Gasteiger partial charge on any atom is -0.383 e. The third kappa shape index (κ3) is 2.73.